The van der Waals surface area contributed by atoms with Crippen LogP contribution in [0.3, 0.4) is 0 Å². The van der Waals surface area contributed by atoms with E-state index in [-0.39, 0.29) is 11.9 Å². The number of anilines is 1. The predicted molar refractivity (Wildman–Crippen MR) is 94.5 cm³/mol. The quantitative estimate of drug-likeness (QED) is 0.732. The molecule has 7 heteroatoms. The second kappa shape index (κ2) is 6.23. The van der Waals surface area contributed by atoms with Crippen LogP contribution < -0.4 is 4.90 Å². The molecule has 1 saturated heterocycles. The predicted octanol–water partition coefficient (Wildman–Crippen LogP) is 2.30. The van der Waals surface area contributed by atoms with Gasteiger partial charge in [0, 0.05) is 45.6 Å². The smallest absolute Gasteiger partial charge is 0.257 e. The van der Waals surface area contributed by atoms with E-state index in [1.807, 2.05) is 31.1 Å². The molecule has 1 fully saturated rings. The number of carbonyl (C=O) groups is 1. The highest BCUT2D eigenvalue weighted by molar-refractivity contribution is 5.94. The lowest BCUT2D eigenvalue weighted by molar-refractivity contribution is 0.0717. The number of aromatic nitrogens is 3. The summed E-state index contributed by atoms with van der Waals surface area (Å²) in [7, 11) is 3.69. The molecule has 0 N–H and O–H groups in total. The van der Waals surface area contributed by atoms with Gasteiger partial charge >= 0.3 is 0 Å². The van der Waals surface area contributed by atoms with Crippen LogP contribution in [0.2, 0.25) is 0 Å². The second-order valence-electron chi connectivity index (χ2n) is 6.53. The molecule has 0 radical (unpaired) electrons. The van der Waals surface area contributed by atoms with Crippen molar-refractivity contribution in [2.45, 2.75) is 18.9 Å². The monoisotopic (exact) mass is 339 g/mol. The Hall–Kier alpha value is -2.83. The number of fused-ring (bicyclic) bond motifs is 1. The maximum atomic E-state index is 12.7. The molecule has 1 aliphatic heterocycles. The van der Waals surface area contributed by atoms with E-state index in [0.29, 0.717) is 5.56 Å². The first-order valence-electron chi connectivity index (χ1n) is 8.46. The van der Waals surface area contributed by atoms with E-state index in [0.717, 1.165) is 42.7 Å². The lowest BCUT2D eigenvalue weighted by atomic mass is 10.0. The van der Waals surface area contributed by atoms with Crippen LogP contribution in [0.25, 0.3) is 11.0 Å². The summed E-state index contributed by atoms with van der Waals surface area (Å²) in [6.07, 6.45) is 8.84. The molecule has 4 heterocycles. The van der Waals surface area contributed by atoms with E-state index in [1.54, 1.807) is 29.5 Å². The minimum Gasteiger partial charge on any atom is -0.464 e. The van der Waals surface area contributed by atoms with Crippen LogP contribution in [-0.4, -0.2) is 51.8 Å². The van der Waals surface area contributed by atoms with Crippen LogP contribution in [0.4, 0.5) is 5.82 Å². The Balaban J connectivity index is 1.54. The highest BCUT2D eigenvalue weighted by Crippen LogP contribution is 2.28. The number of hydrogen-bond donors (Lipinski definition) is 0. The number of piperidine rings is 1. The van der Waals surface area contributed by atoms with Crippen LogP contribution in [-0.2, 0) is 7.05 Å². The van der Waals surface area contributed by atoms with Crippen molar-refractivity contribution in [3.63, 3.8) is 0 Å². The lowest BCUT2D eigenvalue weighted by Gasteiger charge is -2.38. The van der Waals surface area contributed by atoms with Gasteiger partial charge in [-0.2, -0.15) is 5.10 Å². The van der Waals surface area contributed by atoms with Gasteiger partial charge in [-0.25, -0.2) is 4.98 Å². The average molecular weight is 339 g/mol. The molecule has 0 saturated carbocycles. The fourth-order valence-electron chi connectivity index (χ4n) is 3.50. The lowest BCUT2D eigenvalue weighted by Crippen LogP contribution is -2.48. The molecule has 1 aliphatic rings. The summed E-state index contributed by atoms with van der Waals surface area (Å²) < 4.78 is 7.13. The highest BCUT2D eigenvalue weighted by atomic mass is 16.3. The van der Waals surface area contributed by atoms with Crippen molar-refractivity contribution in [3.05, 3.63) is 42.5 Å². The van der Waals surface area contributed by atoms with Gasteiger partial charge in [0.25, 0.3) is 5.91 Å². The Labute approximate surface area is 145 Å². The van der Waals surface area contributed by atoms with Gasteiger partial charge in [0.05, 0.1) is 23.4 Å². The molecular weight excluding hydrogens is 318 g/mol. The van der Waals surface area contributed by atoms with E-state index >= 15 is 0 Å². The van der Waals surface area contributed by atoms with Crippen LogP contribution in [0, 0.1) is 0 Å². The first-order chi connectivity index (χ1) is 12.1. The summed E-state index contributed by atoms with van der Waals surface area (Å²) in [4.78, 5) is 21.3. The largest absolute Gasteiger partial charge is 0.464 e. The molecule has 130 valence electrons. The summed E-state index contributed by atoms with van der Waals surface area (Å²) in [6.45, 7) is 1.70. The third kappa shape index (κ3) is 2.86. The third-order valence-electron chi connectivity index (χ3n) is 4.87. The van der Waals surface area contributed by atoms with E-state index in [4.69, 9.17) is 4.42 Å². The van der Waals surface area contributed by atoms with Gasteiger partial charge in [0.15, 0.2) is 0 Å². The molecule has 0 bridgehead atoms. The first-order valence-corrected chi connectivity index (χ1v) is 8.46. The number of aryl methyl sites for hydroxylation is 1. The van der Waals surface area contributed by atoms with Crippen LogP contribution in [0.15, 0.2) is 41.4 Å². The number of hydrogen-bond acceptors (Lipinski definition) is 5. The second-order valence-corrected chi connectivity index (χ2v) is 6.53. The minimum absolute atomic E-state index is 0.00873. The maximum absolute atomic E-state index is 12.7. The van der Waals surface area contributed by atoms with E-state index < -0.39 is 0 Å². The Bertz CT molecular complexity index is 900. The molecule has 25 heavy (non-hydrogen) atoms. The molecule has 0 aliphatic carbocycles. The molecule has 1 amide bonds. The molecule has 1 atom stereocenters. The van der Waals surface area contributed by atoms with Crippen LogP contribution in [0.1, 0.15) is 23.2 Å². The van der Waals surface area contributed by atoms with Crippen molar-refractivity contribution in [3.8, 4) is 0 Å². The molecule has 0 aromatic carbocycles. The normalized spacial score (nSPS) is 17.8. The number of nitrogens with zero attached hydrogens (tertiary/aromatic N) is 5. The van der Waals surface area contributed by atoms with Gasteiger partial charge in [-0.1, -0.05) is 0 Å². The van der Waals surface area contributed by atoms with Gasteiger partial charge < -0.3 is 14.2 Å². The van der Waals surface area contributed by atoms with Crippen molar-refractivity contribution < 1.29 is 9.21 Å². The summed E-state index contributed by atoms with van der Waals surface area (Å²) in [6, 6.07) is 3.97. The Morgan fingerprint density at radius 1 is 1.40 bits per heavy atom. The molecule has 7 nitrogen and oxygen atoms in total. The maximum Gasteiger partial charge on any atom is 0.257 e. The van der Waals surface area contributed by atoms with Crippen molar-refractivity contribution in [2.75, 3.05) is 25.0 Å². The van der Waals surface area contributed by atoms with E-state index in [9.17, 15) is 4.79 Å². The zero-order valence-corrected chi connectivity index (χ0v) is 14.4. The molecule has 3 aromatic rings. The van der Waals surface area contributed by atoms with Crippen molar-refractivity contribution >= 4 is 22.7 Å². The Morgan fingerprint density at radius 2 is 2.28 bits per heavy atom. The zero-order valence-electron chi connectivity index (χ0n) is 14.4. The number of likely N-dealkylation sites (N-methyl/N-ethyl adjacent to an activating group) is 1. The van der Waals surface area contributed by atoms with Crippen LogP contribution in [0.5, 0.6) is 0 Å². The van der Waals surface area contributed by atoms with Crippen molar-refractivity contribution in [1.29, 1.82) is 0 Å². The third-order valence-corrected chi connectivity index (χ3v) is 4.87. The average Bonchev–Trinajstić information content (AvgIpc) is 3.29. The molecule has 1 unspecified atom stereocenters. The van der Waals surface area contributed by atoms with Gasteiger partial charge in [-0.05, 0) is 25.0 Å². The number of carbonyl (C=O) groups excluding carboxylic acids is 1. The van der Waals surface area contributed by atoms with E-state index in [1.165, 1.54) is 0 Å². The van der Waals surface area contributed by atoms with Crippen molar-refractivity contribution in [2.24, 2.45) is 7.05 Å². The molecule has 4 rings (SSSR count). The summed E-state index contributed by atoms with van der Waals surface area (Å²) in [5.41, 5.74) is 1.46. The van der Waals surface area contributed by atoms with E-state index in [2.05, 4.69) is 15.0 Å². The fourth-order valence-corrected chi connectivity index (χ4v) is 3.50. The first kappa shape index (κ1) is 15.7. The zero-order chi connectivity index (χ0) is 17.4. The van der Waals surface area contributed by atoms with Gasteiger partial charge in [0.2, 0.25) is 0 Å². The van der Waals surface area contributed by atoms with Crippen LogP contribution >= 0.6 is 0 Å². The Morgan fingerprint density at radius 3 is 3.08 bits per heavy atom. The minimum atomic E-state index is 0.00873. The number of rotatable bonds is 3. The fraction of sp³-hybridized carbons (Fsp3) is 0.389. The van der Waals surface area contributed by atoms with Gasteiger partial charge in [-0.15, -0.1) is 0 Å². The summed E-state index contributed by atoms with van der Waals surface area (Å²) in [5, 5.41) is 5.11. The number of amides is 1. The number of pyridine rings is 1. The number of furan rings is 1. The SMILES string of the molecule is CN(C(=O)c1cnn(C)c1)C1CCCN(c2nccc3occc23)C1. The highest BCUT2D eigenvalue weighted by Gasteiger charge is 2.28. The van der Waals surface area contributed by atoms with Crippen molar-refractivity contribution in [1.82, 2.24) is 19.7 Å². The molecular formula is C18H21N5O2. The standard InChI is InChI=1S/C18H21N5O2/c1-21-11-13(10-20-21)18(24)22(2)14-4-3-8-23(12-14)17-15-6-9-25-16(15)5-7-19-17/h5-7,9-11,14H,3-4,8,12H2,1-2H3. The molecule has 3 aromatic heterocycles. The summed E-state index contributed by atoms with van der Waals surface area (Å²) in [5.74, 6) is 0.938. The topological polar surface area (TPSA) is 67.4 Å². The van der Waals surface area contributed by atoms with Gasteiger partial charge in [-0.3, -0.25) is 9.48 Å². The molecule has 0 spiro atoms. The van der Waals surface area contributed by atoms with Gasteiger partial charge in [0.1, 0.15) is 11.4 Å². The Kier molecular flexibility index (Phi) is 3.91. The summed E-state index contributed by atoms with van der Waals surface area (Å²) >= 11 is 0.